The van der Waals surface area contributed by atoms with Crippen molar-refractivity contribution in [1.82, 2.24) is 4.98 Å². The first-order valence-electron chi connectivity index (χ1n) is 7.17. The van der Waals surface area contributed by atoms with Crippen molar-refractivity contribution in [1.29, 1.82) is 0 Å². The van der Waals surface area contributed by atoms with Crippen LogP contribution in [0, 0.1) is 0 Å². The summed E-state index contributed by atoms with van der Waals surface area (Å²) in [4.78, 5) is 4.59. The third-order valence-corrected chi connectivity index (χ3v) is 4.99. The fraction of sp³-hybridized carbons (Fsp3) is 0. The predicted molar refractivity (Wildman–Crippen MR) is 100 cm³/mol. The van der Waals surface area contributed by atoms with Gasteiger partial charge in [-0.15, -0.1) is 11.3 Å². The van der Waals surface area contributed by atoms with Gasteiger partial charge in [0.1, 0.15) is 16.5 Å². The van der Waals surface area contributed by atoms with Crippen LogP contribution >= 0.6 is 27.3 Å². The molecule has 0 atom stereocenters. The predicted octanol–water partition coefficient (Wildman–Crippen LogP) is 6.49. The molecule has 4 aromatic rings. The molecule has 2 aromatic heterocycles. The molecular weight excluding hydrogens is 370 g/mol. The summed E-state index contributed by atoms with van der Waals surface area (Å²) in [6, 6.07) is 20.2. The number of nitrogens with zero attached hydrogens (tertiary/aromatic N) is 1. The average molecular weight is 382 g/mol. The van der Waals surface area contributed by atoms with E-state index >= 15 is 0 Å². The average Bonchev–Trinajstić information content (AvgIpc) is 3.20. The summed E-state index contributed by atoms with van der Waals surface area (Å²) in [5.41, 5.74) is 2.10. The van der Waals surface area contributed by atoms with Crippen LogP contribution in [0.4, 0.5) is 0 Å². The molecule has 0 saturated heterocycles. The van der Waals surface area contributed by atoms with Crippen LogP contribution in [-0.2, 0) is 0 Å². The topological polar surface area (TPSA) is 26.0 Å². The van der Waals surface area contributed by atoms with E-state index in [4.69, 9.17) is 4.42 Å². The molecule has 4 heteroatoms. The zero-order chi connectivity index (χ0) is 15.6. The van der Waals surface area contributed by atoms with Crippen molar-refractivity contribution in [2.24, 2.45) is 0 Å². The summed E-state index contributed by atoms with van der Waals surface area (Å²) >= 11 is 5.12. The number of hydrogen-bond donors (Lipinski definition) is 0. The molecule has 0 aliphatic rings. The van der Waals surface area contributed by atoms with Crippen molar-refractivity contribution >= 4 is 49.6 Å². The van der Waals surface area contributed by atoms with Crippen LogP contribution in [0.3, 0.4) is 0 Å². The first-order valence-corrected chi connectivity index (χ1v) is 8.78. The lowest BCUT2D eigenvalue weighted by atomic mass is 10.2. The minimum Gasteiger partial charge on any atom is -0.457 e. The molecule has 0 saturated carbocycles. The smallest absolute Gasteiger partial charge is 0.134 e. The van der Waals surface area contributed by atoms with Crippen LogP contribution in [0.1, 0.15) is 10.8 Å². The van der Waals surface area contributed by atoms with E-state index in [1.54, 1.807) is 11.3 Å². The van der Waals surface area contributed by atoms with Gasteiger partial charge in [-0.1, -0.05) is 40.2 Å². The Labute approximate surface area is 146 Å². The summed E-state index contributed by atoms with van der Waals surface area (Å²) in [6.45, 7) is 0. The van der Waals surface area contributed by atoms with Gasteiger partial charge >= 0.3 is 0 Å². The van der Waals surface area contributed by atoms with Gasteiger partial charge in [0.25, 0.3) is 0 Å². The Morgan fingerprint density at radius 1 is 0.913 bits per heavy atom. The van der Waals surface area contributed by atoms with E-state index in [9.17, 15) is 0 Å². The Kier molecular flexibility index (Phi) is 3.85. The van der Waals surface area contributed by atoms with Crippen molar-refractivity contribution < 1.29 is 4.42 Å². The Balaban J connectivity index is 1.58. The highest BCUT2D eigenvalue weighted by Crippen LogP contribution is 2.26. The van der Waals surface area contributed by atoms with Gasteiger partial charge < -0.3 is 4.42 Å². The summed E-state index contributed by atoms with van der Waals surface area (Å²) in [6.07, 6.45) is 3.95. The molecule has 2 nitrogen and oxygen atoms in total. The lowest BCUT2D eigenvalue weighted by Crippen LogP contribution is -1.72. The zero-order valence-electron chi connectivity index (χ0n) is 12.1. The normalized spacial score (nSPS) is 11.5. The summed E-state index contributed by atoms with van der Waals surface area (Å²) < 4.78 is 8.14. The van der Waals surface area contributed by atoms with E-state index in [-0.39, 0.29) is 0 Å². The van der Waals surface area contributed by atoms with Crippen molar-refractivity contribution in [2.45, 2.75) is 0 Å². The van der Waals surface area contributed by atoms with E-state index in [2.05, 4.69) is 27.0 Å². The molecule has 0 fully saturated rings. The lowest BCUT2D eigenvalue weighted by Gasteiger charge is -1.96. The third-order valence-electron chi connectivity index (χ3n) is 3.46. The Morgan fingerprint density at radius 2 is 1.74 bits per heavy atom. The van der Waals surface area contributed by atoms with Crippen molar-refractivity contribution in [3.8, 4) is 11.3 Å². The van der Waals surface area contributed by atoms with Crippen LogP contribution in [0.2, 0.25) is 0 Å². The Bertz CT molecular complexity index is 949. The van der Waals surface area contributed by atoms with Crippen LogP contribution in [0.5, 0.6) is 0 Å². The third kappa shape index (κ3) is 3.14. The van der Waals surface area contributed by atoms with Gasteiger partial charge in [-0.05, 0) is 48.6 Å². The van der Waals surface area contributed by atoms with Gasteiger partial charge in [-0.3, -0.25) is 0 Å². The quantitative estimate of drug-likeness (QED) is 0.405. The second-order valence-electron chi connectivity index (χ2n) is 5.06. The van der Waals surface area contributed by atoms with Gasteiger partial charge in [-0.2, -0.15) is 0 Å². The first-order chi connectivity index (χ1) is 11.3. The number of hydrogen-bond acceptors (Lipinski definition) is 3. The molecule has 2 aromatic carbocycles. The molecule has 0 aliphatic heterocycles. The fourth-order valence-corrected chi connectivity index (χ4v) is 3.46. The molecule has 0 aliphatic carbocycles. The largest absolute Gasteiger partial charge is 0.457 e. The molecule has 23 heavy (non-hydrogen) atoms. The van der Waals surface area contributed by atoms with E-state index in [1.807, 2.05) is 66.7 Å². The number of furan rings is 1. The van der Waals surface area contributed by atoms with Gasteiger partial charge in [-0.25, -0.2) is 4.98 Å². The highest BCUT2D eigenvalue weighted by atomic mass is 79.9. The van der Waals surface area contributed by atoms with E-state index < -0.39 is 0 Å². The minimum absolute atomic E-state index is 0.821. The van der Waals surface area contributed by atoms with Crippen LogP contribution in [0.15, 0.2) is 69.6 Å². The van der Waals surface area contributed by atoms with Gasteiger partial charge in [0.15, 0.2) is 0 Å². The number of aromatic nitrogens is 1. The highest BCUT2D eigenvalue weighted by Gasteiger charge is 2.04. The number of para-hydroxylation sites is 1. The molecule has 0 bridgehead atoms. The standard InChI is InChI=1S/C19H12BrNOS/c20-14-7-5-13(6-8-14)17-11-9-15(22-17)10-12-19-21-16-3-1-2-4-18(16)23-19/h1-12H/b12-10+. The maximum absolute atomic E-state index is 5.88. The van der Waals surface area contributed by atoms with Gasteiger partial charge in [0.05, 0.1) is 10.2 Å². The van der Waals surface area contributed by atoms with E-state index in [0.29, 0.717) is 0 Å². The van der Waals surface area contributed by atoms with Crippen LogP contribution < -0.4 is 0 Å². The number of halogens is 1. The monoisotopic (exact) mass is 381 g/mol. The number of thiazole rings is 1. The molecule has 0 amide bonds. The first kappa shape index (κ1) is 14.4. The maximum Gasteiger partial charge on any atom is 0.134 e. The molecular formula is C19H12BrNOS. The molecule has 0 N–H and O–H groups in total. The van der Waals surface area contributed by atoms with Gasteiger partial charge in [0.2, 0.25) is 0 Å². The number of fused-ring (bicyclic) bond motifs is 1. The fourth-order valence-electron chi connectivity index (χ4n) is 2.33. The SMILES string of the molecule is Brc1ccc(-c2ccc(/C=C/c3nc4ccccc4s3)o2)cc1. The second-order valence-corrected chi connectivity index (χ2v) is 7.04. The van der Waals surface area contributed by atoms with E-state index in [1.165, 1.54) is 4.70 Å². The van der Waals surface area contributed by atoms with Crippen molar-refractivity contribution in [3.05, 3.63) is 75.9 Å². The number of rotatable bonds is 3. The van der Waals surface area contributed by atoms with Crippen LogP contribution in [-0.4, -0.2) is 4.98 Å². The molecule has 0 spiro atoms. The summed E-state index contributed by atoms with van der Waals surface area (Å²) in [5, 5.41) is 0.979. The zero-order valence-corrected chi connectivity index (χ0v) is 14.5. The second kappa shape index (κ2) is 6.14. The maximum atomic E-state index is 5.88. The summed E-state index contributed by atoms with van der Waals surface area (Å²) in [5.74, 6) is 1.68. The van der Waals surface area contributed by atoms with E-state index in [0.717, 1.165) is 32.1 Å². The molecule has 112 valence electrons. The molecule has 0 radical (unpaired) electrons. The molecule has 0 unspecified atom stereocenters. The minimum atomic E-state index is 0.821. The number of benzene rings is 2. The van der Waals surface area contributed by atoms with Crippen molar-refractivity contribution in [2.75, 3.05) is 0 Å². The summed E-state index contributed by atoms with van der Waals surface area (Å²) in [7, 11) is 0. The Morgan fingerprint density at radius 3 is 2.57 bits per heavy atom. The molecule has 4 rings (SSSR count). The van der Waals surface area contributed by atoms with Gasteiger partial charge in [0, 0.05) is 10.0 Å². The molecule has 2 heterocycles. The van der Waals surface area contributed by atoms with Crippen molar-refractivity contribution in [3.63, 3.8) is 0 Å². The Hall–Kier alpha value is -2.17. The van der Waals surface area contributed by atoms with Crippen LogP contribution in [0.25, 0.3) is 33.7 Å². The highest BCUT2D eigenvalue weighted by molar-refractivity contribution is 9.10. The lowest BCUT2D eigenvalue weighted by molar-refractivity contribution is 0.572.